The van der Waals surface area contributed by atoms with Crippen LogP contribution in [0.25, 0.3) is 0 Å². The molecule has 3 aromatic rings. The summed E-state index contributed by atoms with van der Waals surface area (Å²) in [5.74, 6) is 1.76. The van der Waals surface area contributed by atoms with Gasteiger partial charge in [0, 0.05) is 18.5 Å². The fourth-order valence-corrected chi connectivity index (χ4v) is 3.15. The highest BCUT2D eigenvalue weighted by Crippen LogP contribution is 2.26. The lowest BCUT2D eigenvalue weighted by molar-refractivity contribution is -0.116. The third kappa shape index (κ3) is 4.31. The Labute approximate surface area is 157 Å². The van der Waals surface area contributed by atoms with Crippen molar-refractivity contribution in [2.45, 2.75) is 32.2 Å². The van der Waals surface area contributed by atoms with Crippen LogP contribution < -0.4 is 10.1 Å². The molecule has 1 amide bonds. The van der Waals surface area contributed by atoms with Gasteiger partial charge in [-0.2, -0.15) is 0 Å². The van der Waals surface area contributed by atoms with E-state index in [9.17, 15) is 4.79 Å². The van der Waals surface area contributed by atoms with Gasteiger partial charge in [0.05, 0.1) is 13.2 Å². The molecular weight excluding hydrogens is 342 g/mol. The molecule has 0 aliphatic carbocycles. The second kappa shape index (κ2) is 7.99. The molecule has 138 valence electrons. The number of rotatable bonds is 7. The van der Waals surface area contributed by atoms with Gasteiger partial charge in [-0.25, -0.2) is 4.68 Å². The molecule has 0 unspecified atom stereocenters. The lowest BCUT2D eigenvalue weighted by Gasteiger charge is -2.17. The first-order valence-electron chi connectivity index (χ1n) is 9.12. The van der Waals surface area contributed by atoms with Gasteiger partial charge in [0.25, 0.3) is 0 Å². The Balaban J connectivity index is 1.29. The number of fused-ring (bicyclic) bond motifs is 1. The van der Waals surface area contributed by atoms with Crippen LogP contribution in [0.4, 0.5) is 5.69 Å². The fourth-order valence-electron chi connectivity index (χ4n) is 3.15. The fraction of sp³-hybridized carbons (Fsp3) is 0.300. The Morgan fingerprint density at radius 2 is 2.00 bits per heavy atom. The van der Waals surface area contributed by atoms with Gasteiger partial charge >= 0.3 is 0 Å². The van der Waals surface area contributed by atoms with Crippen molar-refractivity contribution in [2.24, 2.45) is 0 Å². The van der Waals surface area contributed by atoms with Gasteiger partial charge in [-0.15, -0.1) is 5.10 Å². The summed E-state index contributed by atoms with van der Waals surface area (Å²) in [6, 6.07) is 15.9. The molecule has 7 heteroatoms. The van der Waals surface area contributed by atoms with E-state index in [0.717, 1.165) is 42.1 Å². The molecule has 2 aromatic carbocycles. The third-order valence-electron chi connectivity index (χ3n) is 4.57. The first kappa shape index (κ1) is 17.2. The minimum Gasteiger partial charge on any atom is -0.494 e. The topological polar surface area (TPSA) is 81.9 Å². The number of tetrazole rings is 1. The quantitative estimate of drug-likeness (QED) is 0.653. The van der Waals surface area contributed by atoms with E-state index in [-0.39, 0.29) is 5.91 Å². The molecule has 1 N–H and O–H groups in total. The zero-order chi connectivity index (χ0) is 18.5. The number of carbonyl (C=O) groups excluding carboxylic acids is 1. The SMILES string of the molecule is O=C1CCc2cc(OCCCc3nnnn3Cc3ccccc3)ccc2N1. The average molecular weight is 363 g/mol. The minimum absolute atomic E-state index is 0.0735. The maximum Gasteiger partial charge on any atom is 0.224 e. The van der Waals surface area contributed by atoms with E-state index in [1.807, 2.05) is 41.1 Å². The van der Waals surface area contributed by atoms with Crippen LogP contribution in [0.3, 0.4) is 0 Å². The minimum atomic E-state index is 0.0735. The predicted octanol–water partition coefficient (Wildman–Crippen LogP) is 2.62. The molecule has 1 aliphatic heterocycles. The molecule has 7 nitrogen and oxygen atoms in total. The van der Waals surface area contributed by atoms with Crippen LogP contribution in [0.15, 0.2) is 48.5 Å². The average Bonchev–Trinajstić information content (AvgIpc) is 3.13. The summed E-state index contributed by atoms with van der Waals surface area (Å²) in [4.78, 5) is 11.4. The summed E-state index contributed by atoms with van der Waals surface area (Å²) in [6.07, 6.45) is 2.86. The van der Waals surface area contributed by atoms with E-state index in [2.05, 4.69) is 33.0 Å². The van der Waals surface area contributed by atoms with Crippen LogP contribution in [0.1, 0.15) is 29.8 Å². The van der Waals surface area contributed by atoms with Crippen LogP contribution in [0.2, 0.25) is 0 Å². The molecule has 2 heterocycles. The molecule has 27 heavy (non-hydrogen) atoms. The summed E-state index contributed by atoms with van der Waals surface area (Å²) < 4.78 is 7.70. The van der Waals surface area contributed by atoms with E-state index in [1.54, 1.807) is 0 Å². The van der Waals surface area contributed by atoms with Gasteiger partial charge in [0.1, 0.15) is 5.75 Å². The largest absolute Gasteiger partial charge is 0.494 e. The number of benzene rings is 2. The summed E-state index contributed by atoms with van der Waals surface area (Å²) >= 11 is 0. The van der Waals surface area contributed by atoms with Crippen LogP contribution in [-0.2, 0) is 24.2 Å². The molecular formula is C20H21N5O2. The number of nitrogens with one attached hydrogen (secondary N) is 1. The van der Waals surface area contributed by atoms with Gasteiger partial charge in [0.2, 0.25) is 5.91 Å². The standard InChI is InChI=1S/C20H21N5O2/c26-20-11-8-16-13-17(9-10-18(16)21-20)27-12-4-7-19-22-23-24-25(19)14-15-5-2-1-3-6-15/h1-3,5-6,9-10,13H,4,7-8,11-12,14H2,(H,21,26). The third-order valence-corrected chi connectivity index (χ3v) is 4.57. The summed E-state index contributed by atoms with van der Waals surface area (Å²) in [6.45, 7) is 1.25. The zero-order valence-corrected chi connectivity index (χ0v) is 15.0. The van der Waals surface area contributed by atoms with Crippen LogP contribution in [0.5, 0.6) is 5.75 Å². The number of aromatic nitrogens is 4. The van der Waals surface area contributed by atoms with Crippen molar-refractivity contribution >= 4 is 11.6 Å². The molecule has 0 spiro atoms. The molecule has 4 rings (SSSR count). The smallest absolute Gasteiger partial charge is 0.224 e. The van der Waals surface area contributed by atoms with Crippen molar-refractivity contribution in [3.05, 3.63) is 65.5 Å². The molecule has 0 saturated carbocycles. The molecule has 0 fully saturated rings. The first-order valence-corrected chi connectivity index (χ1v) is 9.12. The highest BCUT2D eigenvalue weighted by atomic mass is 16.5. The molecule has 1 aliphatic rings. The highest BCUT2D eigenvalue weighted by Gasteiger charge is 2.15. The maximum atomic E-state index is 11.4. The molecule has 0 atom stereocenters. The summed E-state index contributed by atoms with van der Waals surface area (Å²) in [5.41, 5.74) is 3.18. The maximum absolute atomic E-state index is 11.4. The number of hydrogen-bond donors (Lipinski definition) is 1. The predicted molar refractivity (Wildman–Crippen MR) is 101 cm³/mol. The van der Waals surface area contributed by atoms with Crippen molar-refractivity contribution in [3.63, 3.8) is 0 Å². The first-order chi connectivity index (χ1) is 13.3. The van der Waals surface area contributed by atoms with Crippen molar-refractivity contribution in [1.29, 1.82) is 0 Å². The second-order valence-electron chi connectivity index (χ2n) is 6.56. The normalized spacial score (nSPS) is 13.1. The van der Waals surface area contributed by atoms with Gasteiger partial charge in [-0.1, -0.05) is 30.3 Å². The van der Waals surface area contributed by atoms with Crippen molar-refractivity contribution in [3.8, 4) is 5.75 Å². The monoisotopic (exact) mass is 363 g/mol. The molecule has 0 bridgehead atoms. The molecule has 1 aromatic heterocycles. The number of nitrogens with zero attached hydrogens (tertiary/aromatic N) is 4. The number of ether oxygens (including phenoxy) is 1. The van der Waals surface area contributed by atoms with Crippen LogP contribution in [0, 0.1) is 0 Å². The Morgan fingerprint density at radius 1 is 1.11 bits per heavy atom. The van der Waals surface area contributed by atoms with Crippen LogP contribution in [-0.4, -0.2) is 32.7 Å². The second-order valence-corrected chi connectivity index (χ2v) is 6.56. The number of amides is 1. The Morgan fingerprint density at radius 3 is 2.89 bits per heavy atom. The Kier molecular flexibility index (Phi) is 5.09. The van der Waals surface area contributed by atoms with E-state index in [4.69, 9.17) is 4.74 Å². The van der Waals surface area contributed by atoms with Crippen LogP contribution >= 0.6 is 0 Å². The van der Waals surface area contributed by atoms with Crippen molar-refractivity contribution in [2.75, 3.05) is 11.9 Å². The van der Waals surface area contributed by atoms with Gasteiger partial charge in [-0.05, 0) is 52.6 Å². The summed E-state index contributed by atoms with van der Waals surface area (Å²) in [7, 11) is 0. The zero-order valence-electron chi connectivity index (χ0n) is 15.0. The number of anilines is 1. The number of carbonyl (C=O) groups is 1. The van der Waals surface area contributed by atoms with Crippen molar-refractivity contribution in [1.82, 2.24) is 20.2 Å². The van der Waals surface area contributed by atoms with Gasteiger partial charge in [0.15, 0.2) is 5.82 Å². The summed E-state index contributed by atoms with van der Waals surface area (Å²) in [5, 5.41) is 14.9. The molecule has 0 saturated heterocycles. The lowest BCUT2D eigenvalue weighted by Crippen LogP contribution is -2.18. The van der Waals surface area contributed by atoms with E-state index in [1.165, 1.54) is 5.56 Å². The lowest BCUT2D eigenvalue weighted by atomic mass is 10.0. The molecule has 0 radical (unpaired) electrons. The highest BCUT2D eigenvalue weighted by molar-refractivity contribution is 5.93. The van der Waals surface area contributed by atoms with E-state index >= 15 is 0 Å². The Bertz CT molecular complexity index is 923. The van der Waals surface area contributed by atoms with Gasteiger partial charge in [-0.3, -0.25) is 4.79 Å². The van der Waals surface area contributed by atoms with Gasteiger partial charge < -0.3 is 10.1 Å². The number of hydrogen-bond acceptors (Lipinski definition) is 5. The Hall–Kier alpha value is -3.22. The van der Waals surface area contributed by atoms with Crippen molar-refractivity contribution < 1.29 is 9.53 Å². The van der Waals surface area contributed by atoms with E-state index < -0.39 is 0 Å². The number of aryl methyl sites for hydroxylation is 2. The van der Waals surface area contributed by atoms with E-state index in [0.29, 0.717) is 19.6 Å².